The highest BCUT2D eigenvalue weighted by Gasteiger charge is 2.27. The average molecular weight is 281 g/mol. The predicted octanol–water partition coefficient (Wildman–Crippen LogP) is 1.38. The summed E-state index contributed by atoms with van der Waals surface area (Å²) >= 11 is 0. The first-order valence-electron chi connectivity index (χ1n) is 5.59. The summed E-state index contributed by atoms with van der Waals surface area (Å²) in [4.78, 5) is 11.3. The number of hydrogen-bond donors (Lipinski definition) is 1. The van der Waals surface area contributed by atoms with Crippen molar-refractivity contribution in [3.8, 4) is 0 Å². The maximum atomic E-state index is 12.3. The first-order chi connectivity index (χ1) is 9.04. The molecule has 5 nitrogen and oxygen atoms in total. The number of benzene rings is 1. The minimum absolute atomic E-state index is 0.0275. The summed E-state index contributed by atoms with van der Waals surface area (Å²) in [7, 11) is -3.91. The van der Waals surface area contributed by atoms with Crippen LogP contribution in [0.4, 0.5) is 0 Å². The number of nitrogens with two attached hydrogens (primary N) is 1. The molecule has 0 atom stereocenters. The molecular weight excluding hydrogens is 266 g/mol. The molecule has 6 heteroatoms. The van der Waals surface area contributed by atoms with Gasteiger partial charge < -0.3 is 10.5 Å². The second-order valence-corrected chi connectivity index (χ2v) is 5.37. The van der Waals surface area contributed by atoms with E-state index in [1.165, 1.54) is 18.2 Å². The van der Waals surface area contributed by atoms with Gasteiger partial charge in [-0.05, 0) is 37.4 Å². The molecule has 1 rings (SSSR count). The lowest BCUT2D eigenvalue weighted by Gasteiger charge is -2.07. The van der Waals surface area contributed by atoms with Crippen molar-refractivity contribution in [2.75, 3.05) is 6.61 Å². The fourth-order valence-corrected chi connectivity index (χ4v) is 2.64. The van der Waals surface area contributed by atoms with Gasteiger partial charge in [0.05, 0.1) is 11.5 Å². The van der Waals surface area contributed by atoms with E-state index in [1.807, 2.05) is 0 Å². The maximum absolute atomic E-state index is 12.3. The van der Waals surface area contributed by atoms with E-state index in [0.717, 1.165) is 12.3 Å². The molecular formula is C13H15NO4S. The van der Waals surface area contributed by atoms with Crippen LogP contribution in [-0.4, -0.2) is 21.0 Å². The number of carbonyl (C=O) groups excluding carboxylic acids is 1. The summed E-state index contributed by atoms with van der Waals surface area (Å²) in [5, 5.41) is 0. The number of esters is 1. The molecule has 0 aliphatic carbocycles. The number of allylic oxidation sites excluding steroid dienone is 2. The minimum atomic E-state index is -3.91. The molecule has 19 heavy (non-hydrogen) atoms. The Hall–Kier alpha value is -2.08. The molecule has 0 saturated carbocycles. The second-order valence-electron chi connectivity index (χ2n) is 3.45. The Morgan fingerprint density at radius 3 is 2.47 bits per heavy atom. The SMILES string of the molecule is CCOC(=O)C(=CC=CN)S(=O)(=O)c1ccccc1. The van der Waals surface area contributed by atoms with Gasteiger partial charge in [0, 0.05) is 0 Å². The number of rotatable bonds is 5. The highest BCUT2D eigenvalue weighted by Crippen LogP contribution is 2.20. The smallest absolute Gasteiger partial charge is 0.350 e. The first kappa shape index (κ1) is 15.0. The number of sulfone groups is 1. The summed E-state index contributed by atoms with van der Waals surface area (Å²) in [5.41, 5.74) is 5.16. The Morgan fingerprint density at radius 1 is 1.32 bits per heavy atom. The third-order valence-electron chi connectivity index (χ3n) is 2.18. The van der Waals surface area contributed by atoms with Crippen LogP contribution in [0.5, 0.6) is 0 Å². The van der Waals surface area contributed by atoms with Gasteiger partial charge in [-0.25, -0.2) is 13.2 Å². The van der Waals surface area contributed by atoms with E-state index in [1.54, 1.807) is 25.1 Å². The van der Waals surface area contributed by atoms with Crippen molar-refractivity contribution < 1.29 is 17.9 Å². The van der Waals surface area contributed by atoms with Gasteiger partial charge in [-0.2, -0.15) is 0 Å². The molecule has 0 aliphatic rings. The van der Waals surface area contributed by atoms with E-state index in [2.05, 4.69) is 0 Å². The molecule has 0 unspecified atom stereocenters. The molecule has 0 aliphatic heterocycles. The normalized spacial score (nSPS) is 12.6. The lowest BCUT2D eigenvalue weighted by molar-refractivity contribution is -0.137. The zero-order valence-electron chi connectivity index (χ0n) is 10.4. The summed E-state index contributed by atoms with van der Waals surface area (Å²) < 4.78 is 29.4. The summed E-state index contributed by atoms with van der Waals surface area (Å²) in [6.07, 6.45) is 3.53. The summed E-state index contributed by atoms with van der Waals surface area (Å²) in [5.74, 6) is -0.899. The van der Waals surface area contributed by atoms with Crippen molar-refractivity contribution in [3.05, 3.63) is 53.6 Å². The highest BCUT2D eigenvalue weighted by atomic mass is 32.2. The van der Waals surface area contributed by atoms with Gasteiger partial charge in [0.25, 0.3) is 0 Å². The van der Waals surface area contributed by atoms with Gasteiger partial charge >= 0.3 is 5.97 Å². The monoisotopic (exact) mass is 281 g/mol. The molecule has 0 bridgehead atoms. The van der Waals surface area contributed by atoms with Crippen LogP contribution in [0.15, 0.2) is 58.5 Å². The molecule has 0 amide bonds. The fourth-order valence-electron chi connectivity index (χ4n) is 1.34. The highest BCUT2D eigenvalue weighted by molar-refractivity contribution is 7.96. The van der Waals surface area contributed by atoms with Crippen LogP contribution in [0.3, 0.4) is 0 Å². The van der Waals surface area contributed by atoms with Gasteiger partial charge in [0.15, 0.2) is 4.91 Å². The van der Waals surface area contributed by atoms with Crippen molar-refractivity contribution in [2.24, 2.45) is 5.73 Å². The standard InChI is InChI=1S/C13H15NO4S/c1-2-18-13(15)12(9-6-10-14)19(16,17)11-7-4-3-5-8-11/h3-10H,2,14H2,1H3. The van der Waals surface area contributed by atoms with Gasteiger partial charge in [0.1, 0.15) is 0 Å². The van der Waals surface area contributed by atoms with Gasteiger partial charge in [0.2, 0.25) is 9.84 Å². The van der Waals surface area contributed by atoms with E-state index in [-0.39, 0.29) is 11.5 Å². The topological polar surface area (TPSA) is 86.5 Å². The van der Waals surface area contributed by atoms with E-state index < -0.39 is 20.7 Å². The van der Waals surface area contributed by atoms with E-state index in [0.29, 0.717) is 0 Å². The first-order valence-corrected chi connectivity index (χ1v) is 7.08. The van der Waals surface area contributed by atoms with Crippen molar-refractivity contribution in [1.29, 1.82) is 0 Å². The zero-order chi connectivity index (χ0) is 14.3. The Morgan fingerprint density at radius 2 is 1.95 bits per heavy atom. The molecule has 0 spiro atoms. The lowest BCUT2D eigenvalue weighted by atomic mass is 10.4. The van der Waals surface area contributed by atoms with Gasteiger partial charge in [-0.3, -0.25) is 0 Å². The van der Waals surface area contributed by atoms with E-state index >= 15 is 0 Å². The minimum Gasteiger partial charge on any atom is -0.462 e. The van der Waals surface area contributed by atoms with Crippen molar-refractivity contribution in [3.63, 3.8) is 0 Å². The molecule has 2 N–H and O–H groups in total. The molecule has 102 valence electrons. The van der Waals surface area contributed by atoms with Crippen LogP contribution in [0.25, 0.3) is 0 Å². The molecule has 0 radical (unpaired) electrons. The quantitative estimate of drug-likeness (QED) is 0.500. The largest absolute Gasteiger partial charge is 0.462 e. The third kappa shape index (κ3) is 3.69. The lowest BCUT2D eigenvalue weighted by Crippen LogP contribution is -2.16. The van der Waals surface area contributed by atoms with Crippen LogP contribution >= 0.6 is 0 Å². The van der Waals surface area contributed by atoms with Crippen molar-refractivity contribution in [2.45, 2.75) is 11.8 Å². The molecule has 1 aromatic carbocycles. The summed E-state index contributed by atoms with van der Waals surface area (Å²) in [6, 6.07) is 7.67. The Bertz CT molecular complexity index is 588. The second kappa shape index (κ2) is 6.75. The molecule has 0 fully saturated rings. The third-order valence-corrected chi connectivity index (χ3v) is 3.95. The molecule has 0 saturated heterocycles. The molecule has 0 aromatic heterocycles. The van der Waals surface area contributed by atoms with E-state index in [4.69, 9.17) is 10.5 Å². The summed E-state index contributed by atoms with van der Waals surface area (Å²) in [6.45, 7) is 1.69. The number of hydrogen-bond acceptors (Lipinski definition) is 5. The van der Waals surface area contributed by atoms with Crippen LogP contribution in [0, 0.1) is 0 Å². The van der Waals surface area contributed by atoms with Crippen LogP contribution < -0.4 is 5.73 Å². The van der Waals surface area contributed by atoms with Crippen LogP contribution in [-0.2, 0) is 19.4 Å². The Labute approximate surface area is 112 Å². The van der Waals surface area contributed by atoms with Gasteiger partial charge in [-0.1, -0.05) is 18.2 Å². The predicted molar refractivity (Wildman–Crippen MR) is 71.7 cm³/mol. The van der Waals surface area contributed by atoms with Crippen molar-refractivity contribution >= 4 is 15.8 Å². The van der Waals surface area contributed by atoms with Crippen molar-refractivity contribution in [1.82, 2.24) is 0 Å². The molecule has 0 heterocycles. The molecule has 1 aromatic rings. The number of carbonyl (C=O) groups is 1. The number of ether oxygens (including phenoxy) is 1. The zero-order valence-corrected chi connectivity index (χ0v) is 11.3. The van der Waals surface area contributed by atoms with Gasteiger partial charge in [-0.15, -0.1) is 0 Å². The maximum Gasteiger partial charge on any atom is 0.350 e. The Balaban J connectivity index is 3.29. The fraction of sp³-hybridized carbons (Fsp3) is 0.154. The van der Waals surface area contributed by atoms with E-state index in [9.17, 15) is 13.2 Å². The van der Waals surface area contributed by atoms with Crippen LogP contribution in [0.1, 0.15) is 6.92 Å². The Kier molecular flexibility index (Phi) is 5.32. The average Bonchev–Trinajstić information content (AvgIpc) is 2.40. The van der Waals surface area contributed by atoms with Crippen LogP contribution in [0.2, 0.25) is 0 Å².